The van der Waals surface area contributed by atoms with E-state index in [1.807, 2.05) is 7.05 Å². The van der Waals surface area contributed by atoms with Crippen LogP contribution in [0.1, 0.15) is 43.4 Å². The van der Waals surface area contributed by atoms with Crippen molar-refractivity contribution >= 4 is 0 Å². The van der Waals surface area contributed by atoms with Crippen LogP contribution in [0.4, 0.5) is 0 Å². The molecule has 94 valence electrons. The number of likely N-dealkylation sites (N-methyl/N-ethyl adjacent to an activating group) is 1. The van der Waals surface area contributed by atoms with Crippen molar-refractivity contribution in [2.75, 3.05) is 13.7 Å². The van der Waals surface area contributed by atoms with Crippen LogP contribution in [0.3, 0.4) is 0 Å². The van der Waals surface area contributed by atoms with Crippen molar-refractivity contribution in [2.45, 2.75) is 44.8 Å². The third-order valence-electron chi connectivity index (χ3n) is 3.54. The van der Waals surface area contributed by atoms with Crippen LogP contribution in [-0.4, -0.2) is 19.8 Å². The fraction of sp³-hybridized carbons (Fsp3) is 0.600. The zero-order chi connectivity index (χ0) is 12.1. The van der Waals surface area contributed by atoms with Crippen molar-refractivity contribution in [3.8, 4) is 0 Å². The number of fused-ring (bicyclic) bond motifs is 1. The van der Waals surface area contributed by atoms with Crippen LogP contribution >= 0.6 is 0 Å². The Bertz CT molecular complexity index is 349. The van der Waals surface area contributed by atoms with Gasteiger partial charge >= 0.3 is 0 Å². The molecule has 1 aliphatic carbocycles. The minimum atomic E-state index is 0.323. The maximum atomic E-state index is 6.01. The molecule has 0 heterocycles. The maximum Gasteiger partial charge on any atom is 0.0769 e. The van der Waals surface area contributed by atoms with Crippen LogP contribution in [0.15, 0.2) is 24.3 Å². The fourth-order valence-corrected chi connectivity index (χ4v) is 2.72. The van der Waals surface area contributed by atoms with Gasteiger partial charge in [-0.15, -0.1) is 0 Å². The maximum absolute atomic E-state index is 6.01. The number of hydrogen-bond acceptors (Lipinski definition) is 2. The average molecular weight is 233 g/mol. The molecule has 17 heavy (non-hydrogen) atoms. The van der Waals surface area contributed by atoms with Crippen LogP contribution in [0.2, 0.25) is 0 Å². The van der Waals surface area contributed by atoms with E-state index in [0.717, 1.165) is 19.4 Å². The molecule has 2 nitrogen and oxygen atoms in total. The number of ether oxygens (including phenoxy) is 1. The van der Waals surface area contributed by atoms with Crippen LogP contribution in [0.5, 0.6) is 0 Å². The van der Waals surface area contributed by atoms with Gasteiger partial charge in [-0.3, -0.25) is 0 Å². The molecule has 0 saturated heterocycles. The molecule has 0 spiro atoms. The van der Waals surface area contributed by atoms with Gasteiger partial charge in [0.2, 0.25) is 0 Å². The van der Waals surface area contributed by atoms with E-state index < -0.39 is 0 Å². The molecule has 2 rings (SSSR count). The molecule has 0 aliphatic heterocycles. The van der Waals surface area contributed by atoms with E-state index in [0.29, 0.717) is 12.1 Å². The van der Waals surface area contributed by atoms with E-state index in [1.54, 1.807) is 0 Å². The molecule has 0 saturated carbocycles. The predicted molar refractivity (Wildman–Crippen MR) is 71.2 cm³/mol. The summed E-state index contributed by atoms with van der Waals surface area (Å²) in [7, 11) is 2.04. The largest absolute Gasteiger partial charge is 0.376 e. The summed E-state index contributed by atoms with van der Waals surface area (Å²) < 4.78 is 6.01. The van der Waals surface area contributed by atoms with Crippen molar-refractivity contribution in [3.05, 3.63) is 35.4 Å². The molecule has 0 radical (unpaired) electrons. The minimum absolute atomic E-state index is 0.323. The van der Waals surface area contributed by atoms with Gasteiger partial charge in [0.15, 0.2) is 0 Å². The summed E-state index contributed by atoms with van der Waals surface area (Å²) in [4.78, 5) is 0. The summed E-state index contributed by atoms with van der Waals surface area (Å²) in [5, 5.41) is 3.43. The summed E-state index contributed by atoms with van der Waals surface area (Å²) >= 11 is 0. The first-order chi connectivity index (χ1) is 8.36. The molecular weight excluding hydrogens is 210 g/mol. The normalized spacial score (nSPS) is 24.1. The number of nitrogens with one attached hydrogen (secondary N) is 1. The lowest BCUT2D eigenvalue weighted by molar-refractivity contribution is 0.0231. The van der Waals surface area contributed by atoms with Gasteiger partial charge in [-0.1, -0.05) is 31.2 Å². The van der Waals surface area contributed by atoms with Gasteiger partial charge in [-0.25, -0.2) is 0 Å². The van der Waals surface area contributed by atoms with Crippen molar-refractivity contribution in [1.82, 2.24) is 5.32 Å². The average Bonchev–Trinajstić information content (AvgIpc) is 2.54. The standard InChI is InChI=1S/C15H23NO/c1-3-11-17-14-10-6-8-12-7-4-5-9-13(12)15(14)16-2/h4-5,7,9,14-16H,3,6,8,10-11H2,1-2H3. The van der Waals surface area contributed by atoms with Gasteiger partial charge in [-0.2, -0.15) is 0 Å². The molecule has 1 aromatic rings. The Kier molecular flexibility index (Phi) is 4.57. The molecule has 2 unspecified atom stereocenters. The summed E-state index contributed by atoms with van der Waals surface area (Å²) in [6.07, 6.45) is 4.97. The first kappa shape index (κ1) is 12.6. The Hall–Kier alpha value is -0.860. The first-order valence-corrected chi connectivity index (χ1v) is 6.73. The lowest BCUT2D eigenvalue weighted by Gasteiger charge is -2.26. The highest BCUT2D eigenvalue weighted by molar-refractivity contribution is 5.32. The van der Waals surface area contributed by atoms with E-state index >= 15 is 0 Å². The minimum Gasteiger partial charge on any atom is -0.376 e. The molecule has 2 heteroatoms. The second-order valence-corrected chi connectivity index (χ2v) is 4.77. The van der Waals surface area contributed by atoms with Crippen LogP contribution in [0, 0.1) is 0 Å². The first-order valence-electron chi connectivity index (χ1n) is 6.73. The molecule has 1 aromatic carbocycles. The van der Waals surface area contributed by atoms with Gasteiger partial charge in [0.25, 0.3) is 0 Å². The topological polar surface area (TPSA) is 21.3 Å². The SMILES string of the molecule is CCCOC1CCCc2ccccc2C1NC. The Labute approximate surface area is 104 Å². The zero-order valence-electron chi connectivity index (χ0n) is 10.9. The molecule has 1 aliphatic rings. The van der Waals surface area contributed by atoms with Crippen molar-refractivity contribution in [3.63, 3.8) is 0 Å². The summed E-state index contributed by atoms with van der Waals surface area (Å²) in [6, 6.07) is 9.11. The highest BCUT2D eigenvalue weighted by Crippen LogP contribution is 2.30. The number of aryl methyl sites for hydroxylation is 1. The second-order valence-electron chi connectivity index (χ2n) is 4.77. The van der Waals surface area contributed by atoms with Gasteiger partial charge in [0.1, 0.15) is 0 Å². The monoisotopic (exact) mass is 233 g/mol. The van der Waals surface area contributed by atoms with E-state index in [4.69, 9.17) is 4.74 Å². The second kappa shape index (κ2) is 6.18. The van der Waals surface area contributed by atoms with Gasteiger partial charge in [0.05, 0.1) is 12.1 Å². The number of rotatable bonds is 4. The summed E-state index contributed by atoms with van der Waals surface area (Å²) in [6.45, 7) is 3.03. The summed E-state index contributed by atoms with van der Waals surface area (Å²) in [5.74, 6) is 0. The Morgan fingerprint density at radius 2 is 2.18 bits per heavy atom. The highest BCUT2D eigenvalue weighted by atomic mass is 16.5. The lowest BCUT2D eigenvalue weighted by Crippen LogP contribution is -2.31. The van der Waals surface area contributed by atoms with Crippen molar-refractivity contribution in [2.24, 2.45) is 0 Å². The van der Waals surface area contributed by atoms with Crippen LogP contribution in [-0.2, 0) is 11.2 Å². The quantitative estimate of drug-likeness (QED) is 0.807. The lowest BCUT2D eigenvalue weighted by atomic mass is 9.98. The smallest absolute Gasteiger partial charge is 0.0769 e. The third-order valence-corrected chi connectivity index (χ3v) is 3.54. The van der Waals surface area contributed by atoms with Crippen LogP contribution in [0.25, 0.3) is 0 Å². The molecule has 0 bridgehead atoms. The van der Waals surface area contributed by atoms with Gasteiger partial charge in [0, 0.05) is 6.61 Å². The van der Waals surface area contributed by atoms with Gasteiger partial charge in [-0.05, 0) is 43.9 Å². The molecule has 0 amide bonds. The molecule has 2 atom stereocenters. The fourth-order valence-electron chi connectivity index (χ4n) is 2.72. The Balaban J connectivity index is 2.21. The van der Waals surface area contributed by atoms with E-state index in [-0.39, 0.29) is 0 Å². The molecular formula is C15H23NO. The number of hydrogen-bond donors (Lipinski definition) is 1. The van der Waals surface area contributed by atoms with E-state index in [9.17, 15) is 0 Å². The Morgan fingerprint density at radius 1 is 1.35 bits per heavy atom. The summed E-state index contributed by atoms with van der Waals surface area (Å²) in [5.41, 5.74) is 2.91. The van der Waals surface area contributed by atoms with E-state index in [1.165, 1.54) is 24.0 Å². The molecule has 0 fully saturated rings. The van der Waals surface area contributed by atoms with Crippen LogP contribution < -0.4 is 5.32 Å². The van der Waals surface area contributed by atoms with Gasteiger partial charge < -0.3 is 10.1 Å². The Morgan fingerprint density at radius 3 is 2.94 bits per heavy atom. The molecule has 0 aromatic heterocycles. The number of benzene rings is 1. The third kappa shape index (κ3) is 2.88. The predicted octanol–water partition coefficient (Wildman–Crippen LogP) is 3.08. The molecule has 1 N–H and O–H groups in total. The van der Waals surface area contributed by atoms with E-state index in [2.05, 4.69) is 36.5 Å². The van der Waals surface area contributed by atoms with Crippen molar-refractivity contribution in [1.29, 1.82) is 0 Å². The zero-order valence-corrected chi connectivity index (χ0v) is 10.9. The highest BCUT2D eigenvalue weighted by Gasteiger charge is 2.26. The van der Waals surface area contributed by atoms with Crippen molar-refractivity contribution < 1.29 is 4.74 Å².